The molecule has 90 valence electrons. The molecule has 0 aliphatic carbocycles. The van der Waals surface area contributed by atoms with Crippen molar-refractivity contribution >= 4 is 0 Å². The second-order valence-electron chi connectivity index (χ2n) is 3.82. The number of aromatic nitrogens is 2. The van der Waals surface area contributed by atoms with Gasteiger partial charge in [-0.1, -0.05) is 12.1 Å². The first-order chi connectivity index (χ1) is 8.31. The normalized spacial score (nSPS) is 10.5. The maximum absolute atomic E-state index is 5.52. The van der Waals surface area contributed by atoms with Gasteiger partial charge >= 0.3 is 0 Å². The molecule has 0 aliphatic heterocycles. The number of nitrogens with two attached hydrogens (primary N) is 1. The van der Waals surface area contributed by atoms with Crippen LogP contribution in [0.4, 0.5) is 0 Å². The van der Waals surface area contributed by atoms with Crippen molar-refractivity contribution in [1.82, 2.24) is 9.55 Å². The van der Waals surface area contributed by atoms with E-state index < -0.39 is 0 Å². The zero-order chi connectivity index (χ0) is 12.1. The van der Waals surface area contributed by atoms with Crippen LogP contribution >= 0.6 is 0 Å². The molecule has 0 saturated carbocycles. The van der Waals surface area contributed by atoms with Gasteiger partial charge in [0.05, 0.1) is 18.6 Å². The maximum atomic E-state index is 5.52. The monoisotopic (exact) mass is 231 g/mol. The Morgan fingerprint density at radius 3 is 2.65 bits per heavy atom. The fourth-order valence-corrected chi connectivity index (χ4v) is 1.67. The van der Waals surface area contributed by atoms with Gasteiger partial charge in [0.15, 0.2) is 0 Å². The molecule has 0 spiro atoms. The van der Waals surface area contributed by atoms with Crippen LogP contribution in [0.3, 0.4) is 0 Å². The molecule has 0 aliphatic rings. The summed E-state index contributed by atoms with van der Waals surface area (Å²) in [5, 5.41) is 0. The smallest absolute Gasteiger partial charge is 0.119 e. The summed E-state index contributed by atoms with van der Waals surface area (Å²) < 4.78 is 7.42. The van der Waals surface area contributed by atoms with Crippen LogP contribution in [0.5, 0.6) is 5.75 Å². The molecule has 2 aromatic rings. The zero-order valence-corrected chi connectivity index (χ0v) is 9.97. The summed E-state index contributed by atoms with van der Waals surface area (Å²) in [5.74, 6) is 0.907. The molecular formula is C13H17N3O. The summed E-state index contributed by atoms with van der Waals surface area (Å²) in [6, 6.07) is 8.10. The van der Waals surface area contributed by atoms with E-state index in [0.29, 0.717) is 13.2 Å². The molecule has 0 saturated heterocycles. The lowest BCUT2D eigenvalue weighted by Crippen LogP contribution is -1.98. The Hall–Kier alpha value is -1.81. The number of rotatable bonds is 5. The Morgan fingerprint density at radius 2 is 2.06 bits per heavy atom. The first-order valence-electron chi connectivity index (χ1n) is 5.74. The molecule has 17 heavy (non-hydrogen) atoms. The van der Waals surface area contributed by atoms with Gasteiger partial charge in [-0.2, -0.15) is 0 Å². The third-order valence-corrected chi connectivity index (χ3v) is 2.50. The molecule has 1 aromatic heterocycles. The van der Waals surface area contributed by atoms with E-state index in [2.05, 4.69) is 17.1 Å². The first kappa shape index (κ1) is 11.7. The van der Waals surface area contributed by atoms with Crippen LogP contribution in [0.25, 0.3) is 0 Å². The van der Waals surface area contributed by atoms with Crippen LogP contribution in [0, 0.1) is 0 Å². The van der Waals surface area contributed by atoms with Crippen molar-refractivity contribution in [2.24, 2.45) is 5.73 Å². The maximum Gasteiger partial charge on any atom is 0.119 e. The second kappa shape index (κ2) is 5.50. The lowest BCUT2D eigenvalue weighted by Gasteiger charge is -2.05. The largest absolute Gasteiger partial charge is 0.494 e. The van der Waals surface area contributed by atoms with Crippen molar-refractivity contribution in [1.29, 1.82) is 0 Å². The molecule has 2 rings (SSSR count). The summed E-state index contributed by atoms with van der Waals surface area (Å²) in [4.78, 5) is 4.19. The van der Waals surface area contributed by atoms with Crippen molar-refractivity contribution < 1.29 is 4.74 Å². The standard InChI is InChI=1S/C13H17N3O/c1-2-17-13-5-3-11(4-6-13)8-16-9-12(7-14)15-10-16/h3-6,9-10H,2,7-8,14H2,1H3. The number of nitrogens with zero attached hydrogens (tertiary/aromatic N) is 2. The Balaban J connectivity index is 2.03. The van der Waals surface area contributed by atoms with Crippen LogP contribution in [0.2, 0.25) is 0 Å². The highest BCUT2D eigenvalue weighted by atomic mass is 16.5. The Labute approximate surface area is 101 Å². The SMILES string of the molecule is CCOc1ccc(Cn2cnc(CN)c2)cc1. The Bertz CT molecular complexity index is 462. The quantitative estimate of drug-likeness (QED) is 0.853. The van der Waals surface area contributed by atoms with Crippen molar-refractivity contribution in [3.63, 3.8) is 0 Å². The highest BCUT2D eigenvalue weighted by molar-refractivity contribution is 5.27. The van der Waals surface area contributed by atoms with E-state index >= 15 is 0 Å². The van der Waals surface area contributed by atoms with E-state index in [-0.39, 0.29) is 0 Å². The molecule has 4 heteroatoms. The fraction of sp³-hybridized carbons (Fsp3) is 0.308. The lowest BCUT2D eigenvalue weighted by atomic mass is 10.2. The van der Waals surface area contributed by atoms with E-state index in [1.807, 2.05) is 29.8 Å². The average molecular weight is 231 g/mol. The van der Waals surface area contributed by atoms with Crippen molar-refractivity contribution in [2.45, 2.75) is 20.0 Å². The van der Waals surface area contributed by atoms with E-state index in [1.165, 1.54) is 5.56 Å². The molecule has 0 fully saturated rings. The summed E-state index contributed by atoms with van der Waals surface area (Å²) in [6.07, 6.45) is 3.77. The second-order valence-corrected chi connectivity index (χ2v) is 3.82. The van der Waals surface area contributed by atoms with Gasteiger partial charge < -0.3 is 15.0 Å². The predicted octanol–water partition coefficient (Wildman–Crippen LogP) is 1.79. The first-order valence-corrected chi connectivity index (χ1v) is 5.74. The Morgan fingerprint density at radius 1 is 1.29 bits per heavy atom. The van der Waals surface area contributed by atoms with Crippen molar-refractivity contribution in [3.05, 3.63) is 48.0 Å². The van der Waals surface area contributed by atoms with Gasteiger partial charge in [0.1, 0.15) is 5.75 Å². The number of imidazole rings is 1. The highest BCUT2D eigenvalue weighted by Crippen LogP contribution is 2.13. The van der Waals surface area contributed by atoms with E-state index in [9.17, 15) is 0 Å². The molecule has 0 atom stereocenters. The third kappa shape index (κ3) is 3.07. The zero-order valence-electron chi connectivity index (χ0n) is 9.97. The summed E-state index contributed by atoms with van der Waals surface area (Å²) >= 11 is 0. The Kier molecular flexibility index (Phi) is 3.77. The van der Waals surface area contributed by atoms with Crippen molar-refractivity contribution in [3.8, 4) is 5.75 Å². The summed E-state index contributed by atoms with van der Waals surface area (Å²) in [5.41, 5.74) is 7.65. The van der Waals surface area contributed by atoms with Gasteiger partial charge in [-0.15, -0.1) is 0 Å². The van der Waals surface area contributed by atoms with Crippen LogP contribution < -0.4 is 10.5 Å². The van der Waals surface area contributed by atoms with E-state index in [0.717, 1.165) is 18.0 Å². The third-order valence-electron chi connectivity index (χ3n) is 2.50. The molecule has 1 heterocycles. The number of benzene rings is 1. The fourth-order valence-electron chi connectivity index (χ4n) is 1.67. The molecular weight excluding hydrogens is 214 g/mol. The van der Waals surface area contributed by atoms with Gasteiger partial charge in [0.25, 0.3) is 0 Å². The minimum atomic E-state index is 0.482. The molecule has 0 radical (unpaired) electrons. The van der Waals surface area contributed by atoms with Gasteiger partial charge in [-0.25, -0.2) is 4.98 Å². The predicted molar refractivity (Wildman–Crippen MR) is 66.8 cm³/mol. The molecule has 2 N–H and O–H groups in total. The van der Waals surface area contributed by atoms with Crippen molar-refractivity contribution in [2.75, 3.05) is 6.61 Å². The molecule has 1 aromatic carbocycles. The number of ether oxygens (including phenoxy) is 1. The summed E-state index contributed by atoms with van der Waals surface area (Å²) in [7, 11) is 0. The summed E-state index contributed by atoms with van der Waals surface area (Å²) in [6.45, 7) is 3.96. The average Bonchev–Trinajstić information content (AvgIpc) is 2.80. The van der Waals surface area contributed by atoms with E-state index in [1.54, 1.807) is 6.33 Å². The molecule has 4 nitrogen and oxygen atoms in total. The highest BCUT2D eigenvalue weighted by Gasteiger charge is 1.99. The topological polar surface area (TPSA) is 53.1 Å². The van der Waals surface area contributed by atoms with Crippen LogP contribution in [-0.2, 0) is 13.1 Å². The molecule has 0 bridgehead atoms. The van der Waals surface area contributed by atoms with Crippen LogP contribution in [0.15, 0.2) is 36.8 Å². The number of hydrogen-bond donors (Lipinski definition) is 1. The van der Waals surface area contributed by atoms with Crippen LogP contribution in [-0.4, -0.2) is 16.2 Å². The number of hydrogen-bond acceptors (Lipinski definition) is 3. The van der Waals surface area contributed by atoms with Crippen LogP contribution in [0.1, 0.15) is 18.2 Å². The molecule has 0 amide bonds. The van der Waals surface area contributed by atoms with Gasteiger partial charge in [-0.05, 0) is 24.6 Å². The van der Waals surface area contributed by atoms with Gasteiger partial charge in [0, 0.05) is 19.3 Å². The minimum absolute atomic E-state index is 0.482. The molecule has 0 unspecified atom stereocenters. The minimum Gasteiger partial charge on any atom is -0.494 e. The van der Waals surface area contributed by atoms with E-state index in [4.69, 9.17) is 10.5 Å². The van der Waals surface area contributed by atoms with Gasteiger partial charge in [-0.3, -0.25) is 0 Å². The van der Waals surface area contributed by atoms with Gasteiger partial charge in [0.2, 0.25) is 0 Å². The lowest BCUT2D eigenvalue weighted by molar-refractivity contribution is 0.340.